The molecule has 2 N–H and O–H groups in total. The smallest absolute Gasteiger partial charge is 0.325 e. The van der Waals surface area contributed by atoms with Gasteiger partial charge in [0.1, 0.15) is 12.4 Å². The number of aliphatic imine (C=N–C) groups is 1. The molecule has 0 aromatic carbocycles. The van der Waals surface area contributed by atoms with Gasteiger partial charge in [-0.1, -0.05) is 20.3 Å². The SMILES string of the molecule is CCCCN1C(=O)NC(=O)C2C1N=C(CO)N2CCC. The van der Waals surface area contributed by atoms with E-state index in [0.717, 1.165) is 19.3 Å². The van der Waals surface area contributed by atoms with Gasteiger partial charge in [0.25, 0.3) is 5.91 Å². The molecule has 7 nitrogen and oxygen atoms in total. The predicted octanol–water partition coefficient (Wildman–Crippen LogP) is 0.149. The van der Waals surface area contributed by atoms with Crippen LogP contribution in [0.5, 0.6) is 0 Å². The highest BCUT2D eigenvalue weighted by atomic mass is 16.3. The van der Waals surface area contributed by atoms with E-state index in [1.54, 1.807) is 4.90 Å². The molecule has 0 spiro atoms. The number of rotatable bonds is 6. The third-order valence-corrected chi connectivity index (χ3v) is 3.67. The summed E-state index contributed by atoms with van der Waals surface area (Å²) in [6, 6.07) is -0.893. The van der Waals surface area contributed by atoms with Crippen molar-refractivity contribution in [2.75, 3.05) is 19.7 Å². The molecular weight excluding hydrogens is 260 g/mol. The van der Waals surface area contributed by atoms with Gasteiger partial charge in [0.15, 0.2) is 12.2 Å². The first kappa shape index (κ1) is 14.8. The molecule has 1 saturated heterocycles. The average Bonchev–Trinajstić information content (AvgIpc) is 2.78. The molecule has 7 heteroatoms. The number of unbranched alkanes of at least 4 members (excludes halogenated alkanes) is 1. The Hall–Kier alpha value is -1.63. The number of amidine groups is 1. The number of hydrogen-bond acceptors (Lipinski definition) is 5. The molecule has 0 radical (unpaired) electrons. The van der Waals surface area contributed by atoms with Crippen LogP contribution in [0.4, 0.5) is 4.79 Å². The van der Waals surface area contributed by atoms with Crippen molar-refractivity contribution in [1.29, 1.82) is 0 Å². The van der Waals surface area contributed by atoms with Crippen LogP contribution in [0, 0.1) is 0 Å². The Morgan fingerprint density at radius 1 is 1.20 bits per heavy atom. The molecule has 20 heavy (non-hydrogen) atoms. The molecule has 2 aliphatic rings. The number of aliphatic hydroxyl groups excluding tert-OH is 1. The van der Waals surface area contributed by atoms with Gasteiger partial charge >= 0.3 is 6.03 Å². The Labute approximate surface area is 118 Å². The highest BCUT2D eigenvalue weighted by Crippen LogP contribution is 2.25. The molecule has 2 atom stereocenters. The lowest BCUT2D eigenvalue weighted by atomic mass is 10.1. The van der Waals surface area contributed by atoms with Gasteiger partial charge < -0.3 is 10.0 Å². The van der Waals surface area contributed by atoms with Gasteiger partial charge in [-0.2, -0.15) is 0 Å². The van der Waals surface area contributed by atoms with Crippen LogP contribution in [0.25, 0.3) is 0 Å². The second-order valence-corrected chi connectivity index (χ2v) is 5.10. The van der Waals surface area contributed by atoms with Crippen molar-refractivity contribution in [1.82, 2.24) is 15.1 Å². The van der Waals surface area contributed by atoms with Crippen LogP contribution in [-0.2, 0) is 4.79 Å². The zero-order valence-corrected chi connectivity index (χ0v) is 12.0. The van der Waals surface area contributed by atoms with Gasteiger partial charge in [-0.25, -0.2) is 9.79 Å². The van der Waals surface area contributed by atoms with Crippen molar-refractivity contribution in [3.05, 3.63) is 0 Å². The Balaban J connectivity index is 2.25. The van der Waals surface area contributed by atoms with Crippen LogP contribution in [0.1, 0.15) is 33.1 Å². The number of hydrogen-bond donors (Lipinski definition) is 2. The Bertz CT molecular complexity index is 424. The minimum atomic E-state index is -0.508. The van der Waals surface area contributed by atoms with Gasteiger partial charge in [0, 0.05) is 13.1 Å². The van der Waals surface area contributed by atoms with E-state index in [0.29, 0.717) is 18.9 Å². The molecule has 112 valence electrons. The highest BCUT2D eigenvalue weighted by Gasteiger charge is 2.48. The van der Waals surface area contributed by atoms with E-state index in [1.807, 2.05) is 18.7 Å². The van der Waals surface area contributed by atoms with Crippen LogP contribution in [0.3, 0.4) is 0 Å². The largest absolute Gasteiger partial charge is 0.388 e. The lowest BCUT2D eigenvalue weighted by molar-refractivity contribution is -0.127. The van der Waals surface area contributed by atoms with Crippen molar-refractivity contribution in [2.45, 2.75) is 45.3 Å². The van der Waals surface area contributed by atoms with E-state index >= 15 is 0 Å². The second-order valence-electron chi connectivity index (χ2n) is 5.10. The maximum Gasteiger partial charge on any atom is 0.325 e. The summed E-state index contributed by atoms with van der Waals surface area (Å²) in [4.78, 5) is 31.9. The summed E-state index contributed by atoms with van der Waals surface area (Å²) in [5.74, 6) is 0.168. The van der Waals surface area contributed by atoms with E-state index in [2.05, 4.69) is 10.3 Å². The fraction of sp³-hybridized carbons (Fsp3) is 0.769. The summed E-state index contributed by atoms with van der Waals surface area (Å²) >= 11 is 0. The fourth-order valence-corrected chi connectivity index (χ4v) is 2.71. The number of carbonyl (C=O) groups is 2. The van der Waals surface area contributed by atoms with E-state index < -0.39 is 12.2 Å². The normalized spacial score (nSPS) is 25.6. The molecule has 0 aliphatic carbocycles. The lowest BCUT2D eigenvalue weighted by Gasteiger charge is -2.38. The second kappa shape index (κ2) is 6.21. The van der Waals surface area contributed by atoms with Gasteiger partial charge in [0.2, 0.25) is 0 Å². The van der Waals surface area contributed by atoms with E-state index in [9.17, 15) is 14.7 Å². The van der Waals surface area contributed by atoms with Crippen LogP contribution in [0.2, 0.25) is 0 Å². The summed E-state index contributed by atoms with van der Waals surface area (Å²) in [7, 11) is 0. The number of urea groups is 1. The molecule has 0 bridgehead atoms. The number of aliphatic hydroxyl groups is 1. The van der Waals surface area contributed by atoms with Crippen molar-refractivity contribution >= 4 is 17.8 Å². The minimum Gasteiger partial charge on any atom is -0.388 e. The lowest BCUT2D eigenvalue weighted by Crippen LogP contribution is -2.65. The molecule has 2 aliphatic heterocycles. The molecule has 2 unspecified atom stereocenters. The van der Waals surface area contributed by atoms with Crippen LogP contribution < -0.4 is 5.32 Å². The summed E-state index contributed by atoms with van der Waals surface area (Å²) in [6.45, 7) is 5.05. The average molecular weight is 282 g/mol. The van der Waals surface area contributed by atoms with Gasteiger partial charge in [-0.3, -0.25) is 15.0 Å². The molecule has 3 amide bonds. The first-order valence-electron chi connectivity index (χ1n) is 7.19. The van der Waals surface area contributed by atoms with Crippen LogP contribution >= 0.6 is 0 Å². The third-order valence-electron chi connectivity index (χ3n) is 3.67. The van der Waals surface area contributed by atoms with Crippen molar-refractivity contribution in [2.24, 2.45) is 4.99 Å². The summed E-state index contributed by atoms with van der Waals surface area (Å²) in [5.41, 5.74) is 0. The van der Waals surface area contributed by atoms with Gasteiger partial charge in [-0.15, -0.1) is 0 Å². The summed E-state index contributed by atoms with van der Waals surface area (Å²) in [5, 5.41) is 11.8. The van der Waals surface area contributed by atoms with E-state index in [1.165, 1.54) is 0 Å². The third kappa shape index (κ3) is 2.49. The molecule has 2 rings (SSSR count). The quantitative estimate of drug-likeness (QED) is 0.726. The maximum atomic E-state index is 12.1. The topological polar surface area (TPSA) is 85.2 Å². The van der Waals surface area contributed by atoms with Crippen molar-refractivity contribution < 1.29 is 14.7 Å². The zero-order valence-electron chi connectivity index (χ0n) is 12.0. The molecular formula is C13H22N4O3. The first-order valence-corrected chi connectivity index (χ1v) is 7.19. The molecule has 0 saturated carbocycles. The number of nitrogens with zero attached hydrogens (tertiary/aromatic N) is 3. The Kier molecular flexibility index (Phi) is 4.59. The fourth-order valence-electron chi connectivity index (χ4n) is 2.71. The number of amides is 3. The summed E-state index contributed by atoms with van der Waals surface area (Å²) < 4.78 is 0. The van der Waals surface area contributed by atoms with Crippen LogP contribution in [-0.4, -0.2) is 64.6 Å². The monoisotopic (exact) mass is 282 g/mol. The van der Waals surface area contributed by atoms with Crippen molar-refractivity contribution in [3.8, 4) is 0 Å². The first-order chi connectivity index (χ1) is 9.63. The van der Waals surface area contributed by atoms with Crippen molar-refractivity contribution in [3.63, 3.8) is 0 Å². The Morgan fingerprint density at radius 3 is 2.55 bits per heavy atom. The standard InChI is InChI=1S/C13H22N4O3/c1-3-5-7-17-11-10(12(19)15-13(17)20)16(6-4-2)9(8-18)14-11/h10-11,18H,3-8H2,1-2H3,(H,15,19,20). The number of carbonyl (C=O) groups excluding carboxylic acids is 2. The zero-order chi connectivity index (χ0) is 14.7. The summed E-state index contributed by atoms with van der Waals surface area (Å²) in [6.07, 6.45) is 2.17. The molecule has 0 aromatic heterocycles. The van der Waals surface area contributed by atoms with Gasteiger partial charge in [0.05, 0.1) is 0 Å². The number of imide groups is 1. The van der Waals surface area contributed by atoms with E-state index in [4.69, 9.17) is 0 Å². The highest BCUT2D eigenvalue weighted by molar-refractivity contribution is 6.04. The van der Waals surface area contributed by atoms with Gasteiger partial charge in [-0.05, 0) is 12.8 Å². The van der Waals surface area contributed by atoms with E-state index in [-0.39, 0.29) is 18.5 Å². The number of fused-ring (bicyclic) bond motifs is 1. The minimum absolute atomic E-state index is 0.212. The number of nitrogens with one attached hydrogen (secondary N) is 1. The molecule has 0 aromatic rings. The Morgan fingerprint density at radius 2 is 1.95 bits per heavy atom. The maximum absolute atomic E-state index is 12.1. The molecule has 2 heterocycles. The molecule has 1 fully saturated rings. The van der Waals surface area contributed by atoms with Crippen LogP contribution in [0.15, 0.2) is 4.99 Å². The predicted molar refractivity (Wildman–Crippen MR) is 74.2 cm³/mol.